The largest absolute Gasteiger partial charge is 0.456 e. The van der Waals surface area contributed by atoms with Gasteiger partial charge in [-0.25, -0.2) is 4.98 Å². The lowest BCUT2D eigenvalue weighted by molar-refractivity contribution is -0.0262. The van der Waals surface area contributed by atoms with E-state index in [0.717, 1.165) is 16.7 Å². The summed E-state index contributed by atoms with van der Waals surface area (Å²) < 4.78 is 23.6. The topological polar surface area (TPSA) is 78.5 Å². The van der Waals surface area contributed by atoms with Crippen LogP contribution in [-0.4, -0.2) is 59.2 Å². The van der Waals surface area contributed by atoms with Crippen molar-refractivity contribution in [3.8, 4) is 28.4 Å². The molecule has 0 spiro atoms. The second-order valence-electron chi connectivity index (χ2n) is 8.59. The number of imidazole rings is 1. The first-order valence-electron chi connectivity index (χ1n) is 11.5. The third-order valence-corrected chi connectivity index (χ3v) is 6.61. The number of aromatic nitrogens is 3. The Bertz CT molecular complexity index is 1340. The average molecular weight is 490 g/mol. The van der Waals surface area contributed by atoms with E-state index in [1.54, 1.807) is 6.08 Å². The number of nitrogens with zero attached hydrogens (tertiary/aromatic N) is 2. The molecular formula is C27H24ClN3O4. The summed E-state index contributed by atoms with van der Waals surface area (Å²) >= 11 is 6.59. The Morgan fingerprint density at radius 2 is 1.63 bits per heavy atom. The van der Waals surface area contributed by atoms with E-state index in [0.29, 0.717) is 47.7 Å². The van der Waals surface area contributed by atoms with Crippen LogP contribution in [0.15, 0.2) is 73.3 Å². The molecule has 4 aromatic rings. The number of rotatable bonds is 7. The minimum atomic E-state index is -0.293. The minimum absolute atomic E-state index is 0.126. The highest BCUT2D eigenvalue weighted by Gasteiger charge is 2.49. The predicted molar refractivity (Wildman–Crippen MR) is 134 cm³/mol. The summed E-state index contributed by atoms with van der Waals surface area (Å²) in [5, 5.41) is 0.533. The molecule has 2 aromatic heterocycles. The number of fused-ring (bicyclic) bond motifs is 2. The number of benzene rings is 2. The molecule has 4 unspecified atom stereocenters. The Morgan fingerprint density at radius 3 is 2.40 bits per heavy atom. The van der Waals surface area contributed by atoms with Crippen LogP contribution < -0.4 is 4.74 Å². The molecule has 1 N–H and O–H groups in total. The van der Waals surface area contributed by atoms with Gasteiger partial charge in [0.25, 0.3) is 6.01 Å². The fourth-order valence-electron chi connectivity index (χ4n) is 4.61. The van der Waals surface area contributed by atoms with Crippen LogP contribution in [0.5, 0.6) is 6.01 Å². The molecule has 7 nitrogen and oxygen atoms in total. The minimum Gasteiger partial charge on any atom is -0.456 e. The van der Waals surface area contributed by atoms with Crippen molar-refractivity contribution in [2.75, 3.05) is 19.8 Å². The quantitative estimate of drug-likeness (QED) is 0.365. The molecule has 178 valence electrons. The highest BCUT2D eigenvalue weighted by Crippen LogP contribution is 2.33. The van der Waals surface area contributed by atoms with E-state index < -0.39 is 0 Å². The molecule has 2 saturated heterocycles. The van der Waals surface area contributed by atoms with Crippen molar-refractivity contribution in [1.82, 2.24) is 15.0 Å². The SMILES string of the molecule is C=CCOC1COC2C(Oc3nc4nc(-c5ccc(-c6ccccc6)cc5)c(Cl)cc4[nH]3)COC12. The standard InChI is InChI=1S/C27H24ClN3O4/c1-2-12-32-21-14-33-25-22(15-34-24(21)25)35-27-29-20-13-19(28)23(30-26(20)31-27)18-10-8-17(9-11-18)16-6-4-3-5-7-16/h2-11,13,21-22,24-25H,1,12,14-15H2,(H,29,30,31). The Balaban J connectivity index is 1.20. The molecule has 2 aliphatic heterocycles. The zero-order valence-electron chi connectivity index (χ0n) is 18.9. The molecule has 0 aliphatic carbocycles. The highest BCUT2D eigenvalue weighted by atomic mass is 35.5. The maximum Gasteiger partial charge on any atom is 0.296 e. The van der Waals surface area contributed by atoms with Crippen molar-refractivity contribution in [3.05, 3.63) is 78.3 Å². The van der Waals surface area contributed by atoms with Crippen molar-refractivity contribution in [1.29, 1.82) is 0 Å². The van der Waals surface area contributed by atoms with Gasteiger partial charge in [-0.1, -0.05) is 72.3 Å². The van der Waals surface area contributed by atoms with E-state index in [9.17, 15) is 0 Å². The molecule has 6 rings (SSSR count). The zero-order chi connectivity index (χ0) is 23.8. The van der Waals surface area contributed by atoms with E-state index in [4.69, 9.17) is 35.5 Å². The molecule has 2 aromatic carbocycles. The highest BCUT2D eigenvalue weighted by molar-refractivity contribution is 6.33. The van der Waals surface area contributed by atoms with Crippen LogP contribution in [0.25, 0.3) is 33.5 Å². The predicted octanol–water partition coefficient (Wildman–Crippen LogP) is 5.06. The molecule has 0 amide bonds. The van der Waals surface area contributed by atoms with Gasteiger partial charge in [-0.05, 0) is 17.2 Å². The number of ether oxygens (including phenoxy) is 4. The van der Waals surface area contributed by atoms with Crippen LogP contribution in [0.4, 0.5) is 0 Å². The van der Waals surface area contributed by atoms with Crippen LogP contribution in [0.2, 0.25) is 5.02 Å². The number of nitrogens with one attached hydrogen (secondary N) is 1. The summed E-state index contributed by atoms with van der Waals surface area (Å²) in [6.45, 7) is 5.01. The second-order valence-corrected chi connectivity index (χ2v) is 9.00. The Kier molecular flexibility index (Phi) is 6.00. The first kappa shape index (κ1) is 22.2. The smallest absolute Gasteiger partial charge is 0.296 e. The molecular weight excluding hydrogens is 466 g/mol. The Morgan fingerprint density at radius 1 is 0.943 bits per heavy atom. The van der Waals surface area contributed by atoms with Gasteiger partial charge >= 0.3 is 0 Å². The molecule has 8 heteroatoms. The van der Waals surface area contributed by atoms with Crippen molar-refractivity contribution in [3.63, 3.8) is 0 Å². The van der Waals surface area contributed by atoms with Gasteiger partial charge in [0.15, 0.2) is 11.8 Å². The molecule has 0 radical (unpaired) electrons. The van der Waals surface area contributed by atoms with E-state index in [-0.39, 0.29) is 24.4 Å². The third-order valence-electron chi connectivity index (χ3n) is 6.32. The second kappa shape index (κ2) is 9.43. The molecule has 35 heavy (non-hydrogen) atoms. The van der Waals surface area contributed by atoms with Gasteiger partial charge in [-0.15, -0.1) is 6.58 Å². The Hall–Kier alpha value is -3.23. The lowest BCUT2D eigenvalue weighted by Crippen LogP contribution is -2.35. The lowest BCUT2D eigenvalue weighted by Gasteiger charge is -2.16. The maximum atomic E-state index is 6.59. The summed E-state index contributed by atoms with van der Waals surface area (Å²) in [6, 6.07) is 20.6. The monoisotopic (exact) mass is 489 g/mol. The summed E-state index contributed by atoms with van der Waals surface area (Å²) in [4.78, 5) is 12.4. The summed E-state index contributed by atoms with van der Waals surface area (Å²) in [7, 11) is 0. The number of hydrogen-bond donors (Lipinski definition) is 1. The fourth-order valence-corrected chi connectivity index (χ4v) is 4.87. The van der Waals surface area contributed by atoms with Gasteiger partial charge in [0.2, 0.25) is 0 Å². The van der Waals surface area contributed by atoms with Gasteiger partial charge in [-0.3, -0.25) is 0 Å². The average Bonchev–Trinajstić information content (AvgIpc) is 3.59. The van der Waals surface area contributed by atoms with Crippen molar-refractivity contribution in [2.24, 2.45) is 0 Å². The molecule has 0 saturated carbocycles. The maximum absolute atomic E-state index is 6.59. The van der Waals surface area contributed by atoms with E-state index in [1.807, 2.05) is 36.4 Å². The first-order valence-corrected chi connectivity index (χ1v) is 11.9. The van der Waals surface area contributed by atoms with E-state index in [1.165, 1.54) is 0 Å². The van der Waals surface area contributed by atoms with Gasteiger partial charge in [0.05, 0.1) is 36.1 Å². The van der Waals surface area contributed by atoms with Crippen molar-refractivity contribution >= 4 is 22.8 Å². The number of pyridine rings is 1. The molecule has 4 atom stereocenters. The van der Waals surface area contributed by atoms with Crippen LogP contribution in [0.3, 0.4) is 0 Å². The van der Waals surface area contributed by atoms with Crippen LogP contribution in [0, 0.1) is 0 Å². The summed E-state index contributed by atoms with van der Waals surface area (Å²) in [5.41, 5.74) is 5.10. The normalized spacial score (nSPS) is 23.5. The van der Waals surface area contributed by atoms with Crippen molar-refractivity contribution < 1.29 is 18.9 Å². The van der Waals surface area contributed by atoms with Crippen LogP contribution >= 0.6 is 11.6 Å². The Labute approximate surface area is 207 Å². The van der Waals surface area contributed by atoms with E-state index in [2.05, 4.69) is 40.8 Å². The van der Waals surface area contributed by atoms with Crippen LogP contribution in [-0.2, 0) is 14.2 Å². The first-order chi connectivity index (χ1) is 17.2. The van der Waals surface area contributed by atoms with Crippen molar-refractivity contribution in [2.45, 2.75) is 24.4 Å². The number of hydrogen-bond acceptors (Lipinski definition) is 6. The van der Waals surface area contributed by atoms with Gasteiger partial charge in [-0.2, -0.15) is 4.98 Å². The van der Waals surface area contributed by atoms with Gasteiger partial charge in [0.1, 0.15) is 18.3 Å². The molecule has 4 heterocycles. The van der Waals surface area contributed by atoms with Crippen LogP contribution in [0.1, 0.15) is 0 Å². The zero-order valence-corrected chi connectivity index (χ0v) is 19.6. The van der Waals surface area contributed by atoms with E-state index >= 15 is 0 Å². The number of H-pyrrole nitrogens is 1. The molecule has 2 aliphatic rings. The molecule has 0 bridgehead atoms. The third kappa shape index (κ3) is 4.32. The summed E-state index contributed by atoms with van der Waals surface area (Å²) in [5.74, 6) is 0. The van der Waals surface area contributed by atoms with Gasteiger partial charge in [0, 0.05) is 5.56 Å². The fraction of sp³-hybridized carbons (Fsp3) is 0.259. The number of halogens is 1. The summed E-state index contributed by atoms with van der Waals surface area (Å²) in [6.07, 6.45) is 0.918. The van der Waals surface area contributed by atoms with Gasteiger partial charge < -0.3 is 23.9 Å². The lowest BCUT2D eigenvalue weighted by atomic mass is 10.0. The number of aromatic amines is 1. The molecule has 2 fully saturated rings.